The zero-order chi connectivity index (χ0) is 7.56. The van der Waals surface area contributed by atoms with E-state index in [0.29, 0.717) is 0 Å². The lowest BCUT2D eigenvalue weighted by Crippen LogP contribution is -2.50. The maximum atomic E-state index is 11.1. The molecule has 54 valence electrons. The summed E-state index contributed by atoms with van der Waals surface area (Å²) in [4.78, 5) is 11.1. The average molecular weight is 139 g/mol. The summed E-state index contributed by atoms with van der Waals surface area (Å²) >= 11 is 0. The van der Waals surface area contributed by atoms with Crippen molar-refractivity contribution in [1.82, 2.24) is 4.57 Å². The topological polar surface area (TPSA) is 25.9 Å². The van der Waals surface area contributed by atoms with E-state index in [-0.39, 0.29) is 5.69 Å². The highest BCUT2D eigenvalue weighted by atomic mass is 16.1. The highest BCUT2D eigenvalue weighted by Crippen LogP contribution is 1.74. The fourth-order valence-electron chi connectivity index (χ4n) is 0.842. The van der Waals surface area contributed by atoms with Crippen LogP contribution < -0.4 is 10.3 Å². The van der Waals surface area contributed by atoms with Gasteiger partial charge in [-0.2, -0.15) is 9.36 Å². The smallest absolute Gasteiger partial charge is 0.201 e. The molecule has 1 aromatic heterocycles. The van der Waals surface area contributed by atoms with Crippen molar-refractivity contribution in [3.8, 4) is 0 Å². The van der Waals surface area contributed by atoms with Gasteiger partial charge in [0, 0.05) is 6.07 Å². The van der Waals surface area contributed by atoms with Gasteiger partial charge in [-0.05, 0) is 6.92 Å². The summed E-state index contributed by atoms with van der Waals surface area (Å²) in [6, 6.07) is 1.85. The molecule has 0 atom stereocenters. The van der Waals surface area contributed by atoms with Crippen LogP contribution in [0.2, 0.25) is 0 Å². The molecular weight excluding hydrogens is 128 g/mol. The van der Waals surface area contributed by atoms with Gasteiger partial charge in [0.25, 0.3) is 0 Å². The first-order valence-electron chi connectivity index (χ1n) is 3.30. The fraction of sp³-hybridized carbons (Fsp3) is 0.429. The molecular formula is C7H11N2O+. The predicted octanol–water partition coefficient (Wildman–Crippen LogP) is -0.307. The van der Waals surface area contributed by atoms with Gasteiger partial charge in [0.05, 0.1) is 26.0 Å². The monoisotopic (exact) mass is 139 g/mol. The average Bonchev–Trinajstić information content (AvgIpc) is 1.95. The van der Waals surface area contributed by atoms with Gasteiger partial charge in [0.1, 0.15) is 0 Å². The molecule has 0 bridgehead atoms. The van der Waals surface area contributed by atoms with E-state index in [9.17, 15) is 4.79 Å². The van der Waals surface area contributed by atoms with Crippen molar-refractivity contribution in [2.24, 2.45) is 7.05 Å². The first-order valence-corrected chi connectivity index (χ1v) is 3.30. The Hall–Kier alpha value is -1.12. The van der Waals surface area contributed by atoms with Crippen LogP contribution in [0.4, 0.5) is 0 Å². The van der Waals surface area contributed by atoms with Crippen LogP contribution in [-0.2, 0) is 13.6 Å². The maximum Gasteiger partial charge on any atom is 0.497 e. The normalized spacial score (nSPS) is 9.80. The van der Waals surface area contributed by atoms with Gasteiger partial charge in [-0.25, -0.2) is 4.57 Å². The number of rotatable bonds is 1. The molecule has 0 unspecified atom stereocenters. The first-order chi connectivity index (χ1) is 4.75. The molecule has 0 amide bonds. The van der Waals surface area contributed by atoms with Crippen LogP contribution in [0.3, 0.4) is 0 Å². The quantitative estimate of drug-likeness (QED) is 0.490. The van der Waals surface area contributed by atoms with E-state index in [1.165, 1.54) is 0 Å². The lowest BCUT2D eigenvalue weighted by molar-refractivity contribution is -0.691. The van der Waals surface area contributed by atoms with E-state index in [1.54, 1.807) is 28.6 Å². The van der Waals surface area contributed by atoms with Gasteiger partial charge >= 0.3 is 5.69 Å². The third-order valence-corrected chi connectivity index (χ3v) is 1.46. The molecule has 0 fully saturated rings. The van der Waals surface area contributed by atoms with E-state index in [1.807, 2.05) is 13.0 Å². The molecule has 10 heavy (non-hydrogen) atoms. The van der Waals surface area contributed by atoms with Crippen molar-refractivity contribution in [3.05, 3.63) is 28.9 Å². The standard InChI is InChI=1S/C7H11N2O/c1-3-9-6-4-5-8(2)7(9)10/h4-6H,3H2,1-2H3/q+1. The zero-order valence-corrected chi connectivity index (χ0v) is 6.24. The van der Waals surface area contributed by atoms with E-state index >= 15 is 0 Å². The van der Waals surface area contributed by atoms with Crippen molar-refractivity contribution in [2.75, 3.05) is 0 Å². The largest absolute Gasteiger partial charge is 0.497 e. The minimum Gasteiger partial charge on any atom is -0.201 e. The molecule has 1 heterocycles. The van der Waals surface area contributed by atoms with Crippen LogP contribution in [0, 0.1) is 0 Å². The maximum absolute atomic E-state index is 11.1. The summed E-state index contributed by atoms with van der Waals surface area (Å²) in [5.41, 5.74) is 0.0324. The molecule has 0 saturated carbocycles. The molecule has 0 spiro atoms. The molecule has 0 aliphatic rings. The van der Waals surface area contributed by atoms with Gasteiger partial charge in [-0.1, -0.05) is 0 Å². The lowest BCUT2D eigenvalue weighted by Gasteiger charge is -1.92. The summed E-state index contributed by atoms with van der Waals surface area (Å²) in [7, 11) is 1.74. The molecule has 0 radical (unpaired) electrons. The van der Waals surface area contributed by atoms with Crippen molar-refractivity contribution in [2.45, 2.75) is 13.5 Å². The minimum absolute atomic E-state index is 0.0324. The second-order valence-electron chi connectivity index (χ2n) is 2.17. The molecule has 0 aliphatic heterocycles. The highest BCUT2D eigenvalue weighted by molar-refractivity contribution is 4.74. The molecule has 0 aliphatic carbocycles. The van der Waals surface area contributed by atoms with E-state index < -0.39 is 0 Å². The SMILES string of the molecule is CCn1ccc[n+](C)c1=O. The van der Waals surface area contributed by atoms with Gasteiger partial charge in [-0.3, -0.25) is 0 Å². The Kier molecular flexibility index (Phi) is 1.85. The van der Waals surface area contributed by atoms with Crippen molar-refractivity contribution >= 4 is 0 Å². The molecule has 0 saturated heterocycles. The van der Waals surface area contributed by atoms with Crippen LogP contribution in [0.25, 0.3) is 0 Å². The molecule has 3 nitrogen and oxygen atoms in total. The summed E-state index contributed by atoms with van der Waals surface area (Å²) in [5, 5.41) is 0. The second kappa shape index (κ2) is 2.64. The summed E-state index contributed by atoms with van der Waals surface area (Å²) in [5.74, 6) is 0. The fourth-order valence-corrected chi connectivity index (χ4v) is 0.842. The highest BCUT2D eigenvalue weighted by Gasteiger charge is 2.01. The zero-order valence-electron chi connectivity index (χ0n) is 6.24. The Labute approximate surface area is 59.5 Å². The van der Waals surface area contributed by atoms with E-state index in [2.05, 4.69) is 0 Å². The molecule has 0 aromatic carbocycles. The number of aromatic nitrogens is 2. The van der Waals surface area contributed by atoms with Crippen molar-refractivity contribution in [3.63, 3.8) is 0 Å². The van der Waals surface area contributed by atoms with E-state index in [4.69, 9.17) is 0 Å². The minimum atomic E-state index is 0.0324. The number of hydrogen-bond donors (Lipinski definition) is 0. The third kappa shape index (κ3) is 1.07. The first kappa shape index (κ1) is 6.99. The van der Waals surface area contributed by atoms with Crippen LogP contribution in [-0.4, -0.2) is 4.57 Å². The Morgan fingerprint density at radius 2 is 2.40 bits per heavy atom. The van der Waals surface area contributed by atoms with Crippen molar-refractivity contribution < 1.29 is 4.57 Å². The Bertz CT molecular complexity index is 277. The summed E-state index contributed by atoms with van der Waals surface area (Å²) in [6.45, 7) is 2.68. The van der Waals surface area contributed by atoms with Gasteiger partial charge in [0.2, 0.25) is 0 Å². The van der Waals surface area contributed by atoms with Crippen LogP contribution in [0.15, 0.2) is 23.3 Å². The molecule has 0 N–H and O–H groups in total. The van der Waals surface area contributed by atoms with Crippen LogP contribution in [0.5, 0.6) is 0 Å². The summed E-state index contributed by atoms with van der Waals surface area (Å²) < 4.78 is 3.21. The van der Waals surface area contributed by atoms with E-state index in [0.717, 1.165) is 6.54 Å². The Morgan fingerprint density at radius 3 is 2.90 bits per heavy atom. The van der Waals surface area contributed by atoms with Gasteiger partial charge in [0.15, 0.2) is 0 Å². The number of hydrogen-bond acceptors (Lipinski definition) is 1. The molecule has 3 heteroatoms. The third-order valence-electron chi connectivity index (χ3n) is 1.46. The van der Waals surface area contributed by atoms with Crippen molar-refractivity contribution in [1.29, 1.82) is 0 Å². The number of nitrogens with zero attached hydrogens (tertiary/aromatic N) is 2. The molecule has 1 rings (SSSR count). The lowest BCUT2D eigenvalue weighted by atomic mass is 10.6. The van der Waals surface area contributed by atoms with Crippen LogP contribution >= 0.6 is 0 Å². The Balaban J connectivity index is 3.28. The van der Waals surface area contributed by atoms with Crippen LogP contribution in [0.1, 0.15) is 6.92 Å². The summed E-state index contributed by atoms with van der Waals surface area (Å²) in [6.07, 6.45) is 3.52. The predicted molar refractivity (Wildman–Crippen MR) is 37.6 cm³/mol. The van der Waals surface area contributed by atoms with Gasteiger partial charge < -0.3 is 0 Å². The number of aryl methyl sites for hydroxylation is 2. The Morgan fingerprint density at radius 1 is 1.70 bits per heavy atom. The molecule has 1 aromatic rings. The van der Waals surface area contributed by atoms with Gasteiger partial charge in [-0.15, -0.1) is 0 Å². The second-order valence-corrected chi connectivity index (χ2v) is 2.17.